The van der Waals surface area contributed by atoms with Crippen molar-refractivity contribution in [1.29, 1.82) is 5.26 Å². The number of nitrogens with zero attached hydrogens (tertiary/aromatic N) is 1. The Morgan fingerprint density at radius 3 is 2.35 bits per heavy atom. The molecule has 0 saturated carbocycles. The molecular weight excluding hydrogens is 457 g/mol. The maximum absolute atomic E-state index is 12.5. The van der Waals surface area contributed by atoms with Gasteiger partial charge >= 0.3 is 0 Å². The van der Waals surface area contributed by atoms with Gasteiger partial charge in [0.25, 0.3) is 0 Å². The number of halogens is 3. The Morgan fingerprint density at radius 2 is 1.71 bits per heavy atom. The topological polar surface area (TPSA) is 96.0 Å². The number of amides is 1. The van der Waals surface area contributed by atoms with Crippen LogP contribution in [-0.2, 0) is 11.3 Å². The van der Waals surface area contributed by atoms with Gasteiger partial charge in [0.2, 0.25) is 5.91 Å². The number of hydrogen-bond acceptors (Lipinski definition) is 4. The van der Waals surface area contributed by atoms with Crippen molar-refractivity contribution >= 4 is 52.2 Å². The summed E-state index contributed by atoms with van der Waals surface area (Å²) in [5.74, 6) is -0.833. The molecule has 1 amide bonds. The van der Waals surface area contributed by atoms with Gasteiger partial charge < -0.3 is 11.1 Å². The molecule has 3 aromatic rings. The monoisotopic (exact) mass is 473 g/mol. The number of nitrogens with two attached hydrogens (primary N) is 1. The number of nitriles is 1. The Hall–Kier alpha value is -2.88. The minimum Gasteiger partial charge on any atom is -0.326 e. The van der Waals surface area contributed by atoms with Gasteiger partial charge in [-0.1, -0.05) is 47.5 Å². The average Bonchev–Trinajstić information content (AvgIpc) is 2.81. The maximum Gasteiger partial charge on any atom is 0.239 e. The summed E-state index contributed by atoms with van der Waals surface area (Å²) in [7, 11) is 0. The Kier molecular flexibility index (Phi) is 9.51. The van der Waals surface area contributed by atoms with Crippen molar-refractivity contribution < 1.29 is 9.59 Å². The third kappa shape index (κ3) is 7.09. The first-order chi connectivity index (χ1) is 14.9. The average molecular weight is 475 g/mol. The molecule has 0 radical (unpaired) electrons. The lowest BCUT2D eigenvalue weighted by Crippen LogP contribution is -2.15. The predicted molar refractivity (Wildman–Crippen MR) is 125 cm³/mol. The van der Waals surface area contributed by atoms with Crippen molar-refractivity contribution in [3.05, 3.63) is 99.0 Å². The molecule has 0 saturated heterocycles. The van der Waals surface area contributed by atoms with Crippen molar-refractivity contribution in [3.63, 3.8) is 0 Å². The van der Waals surface area contributed by atoms with Crippen molar-refractivity contribution in [2.45, 2.75) is 6.54 Å². The summed E-state index contributed by atoms with van der Waals surface area (Å²) < 4.78 is 0. The molecule has 0 fully saturated rings. The summed E-state index contributed by atoms with van der Waals surface area (Å²) in [6.45, 7) is 0.496. The van der Waals surface area contributed by atoms with Crippen molar-refractivity contribution in [2.24, 2.45) is 5.73 Å². The van der Waals surface area contributed by atoms with Gasteiger partial charge in [0.15, 0.2) is 5.78 Å². The number of carbonyl (C=O) groups is 2. The van der Waals surface area contributed by atoms with Crippen molar-refractivity contribution in [1.82, 2.24) is 0 Å². The SMILES string of the molecule is N#Cc1cccc(CN)c1.O=C(CCl)Nc1ccccc1C(=O)c1ccc(Cl)c(Cl)c1. The number of alkyl halides is 1. The fraction of sp³-hybridized carbons (Fsp3) is 0.0870. The van der Waals surface area contributed by atoms with Crippen molar-refractivity contribution in [3.8, 4) is 6.07 Å². The molecule has 3 aromatic carbocycles. The van der Waals surface area contributed by atoms with E-state index in [4.69, 9.17) is 45.8 Å². The molecule has 31 heavy (non-hydrogen) atoms. The fourth-order valence-electron chi connectivity index (χ4n) is 2.53. The van der Waals surface area contributed by atoms with Gasteiger partial charge in [-0.15, -0.1) is 11.6 Å². The highest BCUT2D eigenvalue weighted by Gasteiger charge is 2.15. The van der Waals surface area contributed by atoms with E-state index in [1.54, 1.807) is 48.5 Å². The lowest BCUT2D eigenvalue weighted by atomic mass is 10.0. The molecular formula is C23H18Cl3N3O2. The second kappa shape index (κ2) is 12.1. The summed E-state index contributed by atoms with van der Waals surface area (Å²) in [5.41, 5.74) is 8.18. The Morgan fingerprint density at radius 1 is 0.968 bits per heavy atom. The molecule has 0 spiro atoms. The summed E-state index contributed by atoms with van der Waals surface area (Å²) in [6.07, 6.45) is 0. The van der Waals surface area contributed by atoms with Gasteiger partial charge in [0.05, 0.1) is 27.4 Å². The number of para-hydroxylation sites is 1. The van der Waals surface area contributed by atoms with Crippen LogP contribution in [0.25, 0.3) is 0 Å². The zero-order valence-electron chi connectivity index (χ0n) is 16.2. The maximum atomic E-state index is 12.5. The number of anilines is 1. The normalized spacial score (nSPS) is 9.77. The first-order valence-corrected chi connectivity index (χ1v) is 10.3. The van der Waals surface area contributed by atoms with E-state index in [-0.39, 0.29) is 17.6 Å². The number of nitrogens with one attached hydrogen (secondary N) is 1. The van der Waals surface area contributed by atoms with Crippen LogP contribution in [0.5, 0.6) is 0 Å². The highest BCUT2D eigenvalue weighted by Crippen LogP contribution is 2.26. The highest BCUT2D eigenvalue weighted by molar-refractivity contribution is 6.42. The summed E-state index contributed by atoms with van der Waals surface area (Å²) in [5, 5.41) is 11.7. The van der Waals surface area contributed by atoms with E-state index in [1.807, 2.05) is 18.2 Å². The molecule has 0 heterocycles. The minimum atomic E-state index is -0.383. The first-order valence-electron chi connectivity index (χ1n) is 9.03. The zero-order chi connectivity index (χ0) is 22.8. The van der Waals surface area contributed by atoms with Crippen LogP contribution >= 0.6 is 34.8 Å². The molecule has 0 aliphatic heterocycles. The van der Waals surface area contributed by atoms with E-state index in [0.29, 0.717) is 39.0 Å². The third-order valence-electron chi connectivity index (χ3n) is 4.04. The summed E-state index contributed by atoms with van der Waals surface area (Å²) in [6, 6.07) is 20.6. The van der Waals surface area contributed by atoms with Crippen LogP contribution in [0, 0.1) is 11.3 Å². The minimum absolute atomic E-state index is 0.185. The molecule has 0 unspecified atom stereocenters. The fourth-order valence-corrected chi connectivity index (χ4v) is 2.90. The van der Waals surface area contributed by atoms with Crippen molar-refractivity contribution in [2.75, 3.05) is 11.2 Å². The summed E-state index contributed by atoms with van der Waals surface area (Å²) >= 11 is 17.2. The Labute approximate surface area is 195 Å². The number of ketones is 1. The van der Waals surface area contributed by atoms with E-state index in [0.717, 1.165) is 5.56 Å². The van der Waals surface area contributed by atoms with Gasteiger partial charge in [-0.3, -0.25) is 9.59 Å². The van der Waals surface area contributed by atoms with Crippen LogP contribution < -0.4 is 11.1 Å². The lowest BCUT2D eigenvalue weighted by Gasteiger charge is -2.10. The second-order valence-corrected chi connectivity index (χ2v) is 7.28. The van der Waals surface area contributed by atoms with E-state index in [2.05, 4.69) is 5.32 Å². The van der Waals surface area contributed by atoms with Gasteiger partial charge in [-0.05, 0) is 48.0 Å². The van der Waals surface area contributed by atoms with Crippen LogP contribution in [-0.4, -0.2) is 17.6 Å². The zero-order valence-corrected chi connectivity index (χ0v) is 18.5. The third-order valence-corrected chi connectivity index (χ3v) is 5.02. The molecule has 5 nitrogen and oxygen atoms in total. The molecule has 0 aliphatic rings. The quantitative estimate of drug-likeness (QED) is 0.381. The van der Waals surface area contributed by atoms with Crippen LogP contribution in [0.1, 0.15) is 27.0 Å². The molecule has 0 atom stereocenters. The van der Waals surface area contributed by atoms with Gasteiger partial charge in [-0.2, -0.15) is 5.26 Å². The largest absolute Gasteiger partial charge is 0.326 e. The summed E-state index contributed by atoms with van der Waals surface area (Å²) in [4.78, 5) is 23.9. The highest BCUT2D eigenvalue weighted by atomic mass is 35.5. The molecule has 0 bridgehead atoms. The number of carbonyl (C=O) groups excluding carboxylic acids is 2. The molecule has 158 valence electrons. The van der Waals surface area contributed by atoms with Gasteiger partial charge in [0, 0.05) is 17.7 Å². The molecule has 3 rings (SSSR count). The number of hydrogen-bond donors (Lipinski definition) is 2. The van der Waals surface area contributed by atoms with E-state index >= 15 is 0 Å². The first kappa shape index (κ1) is 24.4. The number of benzene rings is 3. The van der Waals surface area contributed by atoms with E-state index in [9.17, 15) is 9.59 Å². The smallest absolute Gasteiger partial charge is 0.239 e. The standard InChI is InChI=1S/C15H10Cl3NO2.C8H8N2/c16-8-14(20)19-13-4-2-1-3-10(13)15(21)9-5-6-11(17)12(18)7-9;9-5-7-2-1-3-8(4-7)6-10/h1-7H,8H2,(H,19,20);1-4H,5,9H2. The van der Waals surface area contributed by atoms with Crippen LogP contribution in [0.3, 0.4) is 0 Å². The Bertz CT molecular complexity index is 1130. The van der Waals surface area contributed by atoms with Gasteiger partial charge in [-0.25, -0.2) is 0 Å². The molecule has 0 aromatic heterocycles. The van der Waals surface area contributed by atoms with Crippen LogP contribution in [0.2, 0.25) is 10.0 Å². The molecule has 3 N–H and O–H groups in total. The van der Waals surface area contributed by atoms with Gasteiger partial charge in [0.1, 0.15) is 5.88 Å². The Balaban J connectivity index is 0.000000285. The van der Waals surface area contributed by atoms with Crippen LogP contribution in [0.15, 0.2) is 66.7 Å². The predicted octanol–water partition coefficient (Wildman–Crippen LogP) is 5.42. The number of rotatable bonds is 5. The van der Waals surface area contributed by atoms with Crippen LogP contribution in [0.4, 0.5) is 5.69 Å². The molecule has 8 heteroatoms. The van der Waals surface area contributed by atoms with E-state index < -0.39 is 0 Å². The van der Waals surface area contributed by atoms with E-state index in [1.165, 1.54) is 6.07 Å². The lowest BCUT2D eigenvalue weighted by molar-refractivity contribution is -0.113. The second-order valence-electron chi connectivity index (χ2n) is 6.20. The molecule has 0 aliphatic carbocycles.